The summed E-state index contributed by atoms with van der Waals surface area (Å²) < 4.78 is 0. The summed E-state index contributed by atoms with van der Waals surface area (Å²) in [5.74, 6) is -1.10. The third kappa shape index (κ3) is 3.92. The molecule has 0 fully saturated rings. The Morgan fingerprint density at radius 1 is 0.905 bits per heavy atom. The fourth-order valence-corrected chi connectivity index (χ4v) is 1.94. The molecule has 0 bridgehead atoms. The van der Waals surface area contributed by atoms with Gasteiger partial charge < -0.3 is 10.4 Å². The fourth-order valence-electron chi connectivity index (χ4n) is 1.94. The monoisotopic (exact) mass is 283 g/mol. The lowest BCUT2D eigenvalue weighted by Gasteiger charge is -2.06. The molecule has 2 aromatic carbocycles. The number of carboxylic acids is 1. The van der Waals surface area contributed by atoms with Gasteiger partial charge in [0.15, 0.2) is 0 Å². The molecule has 4 heteroatoms. The standard InChI is InChI=1S/C17H17NO3/c1-2-12-3-7-14(8-4-12)16(19)18-11-13-5-9-15(10-6-13)17(20)21/h3-10H,2,11H2,1H3,(H,18,19)(H,20,21). The molecule has 0 aromatic heterocycles. The number of hydrogen-bond donors (Lipinski definition) is 2. The lowest BCUT2D eigenvalue weighted by Crippen LogP contribution is -2.22. The summed E-state index contributed by atoms with van der Waals surface area (Å²) in [6.07, 6.45) is 0.942. The second kappa shape index (κ2) is 6.70. The lowest BCUT2D eigenvalue weighted by atomic mass is 10.1. The van der Waals surface area contributed by atoms with Crippen molar-refractivity contribution in [1.82, 2.24) is 5.32 Å². The summed E-state index contributed by atoms with van der Waals surface area (Å²) in [6, 6.07) is 13.9. The molecule has 0 saturated carbocycles. The third-order valence-corrected chi connectivity index (χ3v) is 3.28. The highest BCUT2D eigenvalue weighted by molar-refractivity contribution is 5.94. The summed E-state index contributed by atoms with van der Waals surface area (Å²) in [6.45, 7) is 2.43. The Balaban J connectivity index is 1.95. The first-order valence-corrected chi connectivity index (χ1v) is 6.79. The molecule has 0 aliphatic heterocycles. The minimum Gasteiger partial charge on any atom is -0.478 e. The quantitative estimate of drug-likeness (QED) is 0.886. The highest BCUT2D eigenvalue weighted by Gasteiger charge is 2.06. The van der Waals surface area contributed by atoms with E-state index in [1.54, 1.807) is 12.1 Å². The van der Waals surface area contributed by atoms with Crippen molar-refractivity contribution < 1.29 is 14.7 Å². The average molecular weight is 283 g/mol. The van der Waals surface area contributed by atoms with Gasteiger partial charge >= 0.3 is 5.97 Å². The Hall–Kier alpha value is -2.62. The van der Waals surface area contributed by atoms with Gasteiger partial charge in [-0.1, -0.05) is 31.2 Å². The number of nitrogens with one attached hydrogen (secondary N) is 1. The van der Waals surface area contributed by atoms with E-state index in [2.05, 4.69) is 12.2 Å². The van der Waals surface area contributed by atoms with Crippen LogP contribution in [0.15, 0.2) is 48.5 Å². The van der Waals surface area contributed by atoms with Crippen LogP contribution in [-0.4, -0.2) is 17.0 Å². The van der Waals surface area contributed by atoms with Gasteiger partial charge in [0.25, 0.3) is 5.91 Å². The first-order chi connectivity index (χ1) is 10.1. The Kier molecular flexibility index (Phi) is 4.72. The Morgan fingerprint density at radius 3 is 1.95 bits per heavy atom. The third-order valence-electron chi connectivity index (χ3n) is 3.28. The van der Waals surface area contributed by atoms with E-state index in [1.165, 1.54) is 17.7 Å². The molecule has 2 rings (SSSR count). The van der Waals surface area contributed by atoms with Gasteiger partial charge in [0.05, 0.1) is 5.56 Å². The predicted molar refractivity (Wildman–Crippen MR) is 80.4 cm³/mol. The smallest absolute Gasteiger partial charge is 0.335 e. The number of carboxylic acid groups (broad SMARTS) is 1. The minimum atomic E-state index is -0.957. The van der Waals surface area contributed by atoms with Crippen LogP contribution < -0.4 is 5.32 Å². The van der Waals surface area contributed by atoms with Crippen LogP contribution in [-0.2, 0) is 13.0 Å². The molecule has 0 radical (unpaired) electrons. The summed E-state index contributed by atoms with van der Waals surface area (Å²) in [5.41, 5.74) is 2.91. The van der Waals surface area contributed by atoms with Crippen molar-refractivity contribution in [2.75, 3.05) is 0 Å². The van der Waals surface area contributed by atoms with Gasteiger partial charge in [0.1, 0.15) is 0 Å². The minimum absolute atomic E-state index is 0.139. The molecule has 2 N–H and O–H groups in total. The van der Waals surface area contributed by atoms with Gasteiger partial charge in [-0.05, 0) is 41.8 Å². The van der Waals surface area contributed by atoms with E-state index in [1.807, 2.05) is 24.3 Å². The second-order valence-corrected chi connectivity index (χ2v) is 4.74. The van der Waals surface area contributed by atoms with Gasteiger partial charge in [-0.2, -0.15) is 0 Å². The maximum Gasteiger partial charge on any atom is 0.335 e. The van der Waals surface area contributed by atoms with E-state index < -0.39 is 5.97 Å². The molecule has 0 saturated heterocycles. The lowest BCUT2D eigenvalue weighted by molar-refractivity contribution is 0.0696. The largest absolute Gasteiger partial charge is 0.478 e. The number of rotatable bonds is 5. The topological polar surface area (TPSA) is 66.4 Å². The zero-order valence-corrected chi connectivity index (χ0v) is 11.8. The van der Waals surface area contributed by atoms with Gasteiger partial charge in [0, 0.05) is 12.1 Å². The molecule has 0 atom stereocenters. The number of amides is 1. The van der Waals surface area contributed by atoms with Crippen molar-refractivity contribution in [3.63, 3.8) is 0 Å². The van der Waals surface area contributed by atoms with Crippen LogP contribution in [0, 0.1) is 0 Å². The number of aromatic carboxylic acids is 1. The van der Waals surface area contributed by atoms with E-state index in [-0.39, 0.29) is 11.5 Å². The Bertz CT molecular complexity index is 630. The molecule has 0 aliphatic carbocycles. The molecular weight excluding hydrogens is 266 g/mol. The SMILES string of the molecule is CCc1ccc(C(=O)NCc2ccc(C(=O)O)cc2)cc1. The van der Waals surface area contributed by atoms with Gasteiger partial charge in [0.2, 0.25) is 0 Å². The molecule has 4 nitrogen and oxygen atoms in total. The maximum atomic E-state index is 12.0. The van der Waals surface area contributed by atoms with Crippen molar-refractivity contribution in [1.29, 1.82) is 0 Å². The molecule has 0 aliphatic rings. The molecule has 0 spiro atoms. The van der Waals surface area contributed by atoms with E-state index in [0.29, 0.717) is 12.1 Å². The Labute approximate surface area is 123 Å². The summed E-state index contributed by atoms with van der Waals surface area (Å²) >= 11 is 0. The van der Waals surface area contributed by atoms with Crippen molar-refractivity contribution in [2.24, 2.45) is 0 Å². The van der Waals surface area contributed by atoms with Crippen LogP contribution in [0.4, 0.5) is 0 Å². The number of benzene rings is 2. The van der Waals surface area contributed by atoms with Crippen LogP contribution in [0.3, 0.4) is 0 Å². The second-order valence-electron chi connectivity index (χ2n) is 4.74. The molecule has 0 heterocycles. The Morgan fingerprint density at radius 2 is 1.43 bits per heavy atom. The van der Waals surface area contributed by atoms with Crippen LogP contribution in [0.25, 0.3) is 0 Å². The summed E-state index contributed by atoms with van der Waals surface area (Å²) in [7, 11) is 0. The van der Waals surface area contributed by atoms with Gasteiger partial charge in [-0.3, -0.25) is 4.79 Å². The van der Waals surface area contributed by atoms with Crippen LogP contribution >= 0.6 is 0 Å². The molecule has 21 heavy (non-hydrogen) atoms. The number of carbonyl (C=O) groups is 2. The summed E-state index contributed by atoms with van der Waals surface area (Å²) in [4.78, 5) is 22.7. The zero-order chi connectivity index (χ0) is 15.2. The van der Waals surface area contributed by atoms with Crippen molar-refractivity contribution >= 4 is 11.9 Å². The van der Waals surface area contributed by atoms with Crippen molar-refractivity contribution in [2.45, 2.75) is 19.9 Å². The molecule has 0 unspecified atom stereocenters. The van der Waals surface area contributed by atoms with Crippen LogP contribution in [0.1, 0.15) is 38.8 Å². The van der Waals surface area contributed by atoms with Gasteiger partial charge in [-0.15, -0.1) is 0 Å². The number of aryl methyl sites for hydroxylation is 1. The number of carbonyl (C=O) groups excluding carboxylic acids is 1. The van der Waals surface area contributed by atoms with E-state index >= 15 is 0 Å². The van der Waals surface area contributed by atoms with Crippen LogP contribution in [0.2, 0.25) is 0 Å². The predicted octanol–water partition coefficient (Wildman–Crippen LogP) is 2.88. The fraction of sp³-hybridized carbons (Fsp3) is 0.176. The summed E-state index contributed by atoms with van der Waals surface area (Å²) in [5, 5.41) is 11.6. The molecule has 108 valence electrons. The number of hydrogen-bond acceptors (Lipinski definition) is 2. The van der Waals surface area contributed by atoms with E-state index in [4.69, 9.17) is 5.11 Å². The first-order valence-electron chi connectivity index (χ1n) is 6.79. The van der Waals surface area contributed by atoms with E-state index in [0.717, 1.165) is 12.0 Å². The van der Waals surface area contributed by atoms with Crippen molar-refractivity contribution in [3.05, 3.63) is 70.8 Å². The average Bonchev–Trinajstić information content (AvgIpc) is 2.53. The van der Waals surface area contributed by atoms with Gasteiger partial charge in [-0.25, -0.2) is 4.79 Å². The highest BCUT2D eigenvalue weighted by Crippen LogP contribution is 2.07. The van der Waals surface area contributed by atoms with E-state index in [9.17, 15) is 9.59 Å². The highest BCUT2D eigenvalue weighted by atomic mass is 16.4. The first kappa shape index (κ1) is 14.8. The normalized spacial score (nSPS) is 10.1. The molecular formula is C17H17NO3. The molecule has 2 aromatic rings. The zero-order valence-electron chi connectivity index (χ0n) is 11.8. The molecule has 1 amide bonds. The maximum absolute atomic E-state index is 12.0. The van der Waals surface area contributed by atoms with Crippen molar-refractivity contribution in [3.8, 4) is 0 Å². The van der Waals surface area contributed by atoms with Crippen LogP contribution in [0.5, 0.6) is 0 Å².